The largest absolute Gasteiger partial charge is 0.481 e. The first kappa shape index (κ1) is 32.8. The molecule has 2 saturated heterocycles. The van der Waals surface area contributed by atoms with E-state index in [1.165, 1.54) is 25.4 Å². The molecule has 0 saturated carbocycles. The molecule has 1 aromatic heterocycles. The molecule has 2 aliphatic rings. The van der Waals surface area contributed by atoms with Gasteiger partial charge in [0.05, 0.1) is 12.3 Å². The van der Waals surface area contributed by atoms with Crippen molar-refractivity contribution in [3.8, 4) is 11.6 Å². The van der Waals surface area contributed by atoms with Crippen LogP contribution in [0.2, 0.25) is 0 Å². The lowest BCUT2D eigenvalue weighted by atomic mass is 10.1. The standard InChI is InChI=1S/C29H36N6O10/c1-2-44-29(43)33-15-13-32(14-16-33)27(40)20(10-11-25(37)38)30-26(39)21-17-24(35(31-21)19-7-4-3-5-8-19)45-18-23(36)34-12-6-9-22(34)28(41)42/h3-5,7-8,17,20,22H,2,6,9-16,18H2,1H3,(H,30,39)(H,37,38)(H,41,42)/t20-,22-/m0/s1. The molecule has 2 fully saturated rings. The molecule has 0 unspecified atom stereocenters. The molecule has 16 nitrogen and oxygen atoms in total. The fraction of sp³-hybridized carbons (Fsp3) is 0.483. The van der Waals surface area contributed by atoms with Gasteiger partial charge in [0, 0.05) is 45.2 Å². The minimum absolute atomic E-state index is 0.0225. The average Bonchev–Trinajstić information content (AvgIpc) is 3.70. The summed E-state index contributed by atoms with van der Waals surface area (Å²) in [6.45, 7) is 2.47. The van der Waals surface area contributed by atoms with E-state index in [1.54, 1.807) is 37.3 Å². The number of benzene rings is 1. The highest BCUT2D eigenvalue weighted by Crippen LogP contribution is 2.22. The monoisotopic (exact) mass is 628 g/mol. The number of nitrogens with zero attached hydrogens (tertiary/aromatic N) is 5. The number of piperazine rings is 1. The summed E-state index contributed by atoms with van der Waals surface area (Å²) in [7, 11) is 0. The minimum Gasteiger partial charge on any atom is -0.481 e. The van der Waals surface area contributed by atoms with Gasteiger partial charge in [-0.3, -0.25) is 19.2 Å². The summed E-state index contributed by atoms with van der Waals surface area (Å²) < 4.78 is 12.0. The molecule has 0 aliphatic carbocycles. The van der Waals surface area contributed by atoms with Crippen molar-refractivity contribution in [2.75, 3.05) is 45.9 Å². The Morgan fingerprint density at radius 1 is 1.00 bits per heavy atom. The topological polar surface area (TPSA) is 201 Å². The van der Waals surface area contributed by atoms with E-state index < -0.39 is 54.4 Å². The van der Waals surface area contributed by atoms with Crippen LogP contribution >= 0.6 is 0 Å². The number of nitrogens with one attached hydrogen (secondary N) is 1. The molecule has 0 bridgehead atoms. The molecule has 4 rings (SSSR count). The second-order valence-electron chi connectivity index (χ2n) is 10.5. The Morgan fingerprint density at radius 3 is 2.33 bits per heavy atom. The van der Waals surface area contributed by atoms with E-state index in [0.29, 0.717) is 18.5 Å². The molecule has 242 valence electrons. The number of aliphatic carboxylic acids is 2. The summed E-state index contributed by atoms with van der Waals surface area (Å²) >= 11 is 0. The fourth-order valence-corrected chi connectivity index (χ4v) is 5.17. The first-order valence-corrected chi connectivity index (χ1v) is 14.6. The van der Waals surface area contributed by atoms with Crippen LogP contribution in [0.4, 0.5) is 4.79 Å². The lowest BCUT2D eigenvalue weighted by Gasteiger charge is -2.35. The van der Waals surface area contributed by atoms with Crippen LogP contribution in [0.15, 0.2) is 36.4 Å². The second-order valence-corrected chi connectivity index (χ2v) is 10.5. The number of carboxylic acids is 2. The molecule has 3 N–H and O–H groups in total. The average molecular weight is 629 g/mol. The fourth-order valence-electron chi connectivity index (χ4n) is 5.17. The Kier molecular flexibility index (Phi) is 10.9. The van der Waals surface area contributed by atoms with Gasteiger partial charge in [0.15, 0.2) is 12.3 Å². The van der Waals surface area contributed by atoms with Crippen molar-refractivity contribution < 1.29 is 48.5 Å². The quantitative estimate of drug-likeness (QED) is 0.297. The van der Waals surface area contributed by atoms with Crippen LogP contribution in [-0.2, 0) is 23.9 Å². The molecule has 0 radical (unpaired) electrons. The van der Waals surface area contributed by atoms with Crippen molar-refractivity contribution in [2.45, 2.75) is 44.7 Å². The SMILES string of the molecule is CCOC(=O)N1CCN(C(=O)[C@H](CCC(=O)O)NC(=O)c2cc(OCC(=O)N3CCC[C@H]3C(=O)O)n(-c3ccccc3)n2)CC1. The Hall–Kier alpha value is -5.15. The Labute approximate surface area is 258 Å². The number of aromatic nitrogens is 2. The van der Waals surface area contributed by atoms with E-state index in [-0.39, 0.29) is 63.7 Å². The number of likely N-dealkylation sites (tertiary alicyclic amines) is 1. The Bertz CT molecular complexity index is 1410. The molecule has 45 heavy (non-hydrogen) atoms. The lowest BCUT2D eigenvalue weighted by Crippen LogP contribution is -2.56. The molecule has 16 heteroatoms. The van der Waals surface area contributed by atoms with E-state index in [9.17, 15) is 39.0 Å². The van der Waals surface area contributed by atoms with Crippen LogP contribution in [-0.4, -0.2) is 128 Å². The summed E-state index contributed by atoms with van der Waals surface area (Å²) in [4.78, 5) is 78.6. The third-order valence-electron chi connectivity index (χ3n) is 7.48. The molecular weight excluding hydrogens is 592 g/mol. The minimum atomic E-state index is -1.20. The number of carbonyl (C=O) groups is 6. The van der Waals surface area contributed by atoms with E-state index >= 15 is 0 Å². The smallest absolute Gasteiger partial charge is 0.409 e. The van der Waals surface area contributed by atoms with Crippen LogP contribution in [0.25, 0.3) is 5.69 Å². The molecule has 4 amide bonds. The van der Waals surface area contributed by atoms with E-state index in [2.05, 4.69) is 10.4 Å². The first-order valence-electron chi connectivity index (χ1n) is 14.6. The molecule has 0 spiro atoms. The summed E-state index contributed by atoms with van der Waals surface area (Å²) in [5, 5.41) is 25.6. The van der Waals surface area contributed by atoms with Gasteiger partial charge >= 0.3 is 18.0 Å². The predicted molar refractivity (Wildman–Crippen MR) is 155 cm³/mol. The third-order valence-corrected chi connectivity index (χ3v) is 7.48. The number of amides is 4. The highest BCUT2D eigenvalue weighted by molar-refractivity contribution is 5.96. The predicted octanol–water partition coefficient (Wildman–Crippen LogP) is 0.591. The van der Waals surface area contributed by atoms with Gasteiger partial charge in [-0.1, -0.05) is 18.2 Å². The van der Waals surface area contributed by atoms with Crippen molar-refractivity contribution in [1.29, 1.82) is 0 Å². The van der Waals surface area contributed by atoms with Gasteiger partial charge in [0.25, 0.3) is 11.8 Å². The van der Waals surface area contributed by atoms with Crippen LogP contribution in [0.3, 0.4) is 0 Å². The second kappa shape index (κ2) is 15.0. The van der Waals surface area contributed by atoms with Crippen LogP contribution in [0.5, 0.6) is 5.88 Å². The number of carboxylic acid groups (broad SMARTS) is 2. The van der Waals surface area contributed by atoms with E-state index in [1.807, 2.05) is 0 Å². The molecule has 3 heterocycles. The summed E-state index contributed by atoms with van der Waals surface area (Å²) in [6, 6.07) is 7.78. The van der Waals surface area contributed by atoms with Gasteiger partial charge in [0.2, 0.25) is 11.8 Å². The van der Waals surface area contributed by atoms with Crippen molar-refractivity contribution in [1.82, 2.24) is 29.8 Å². The van der Waals surface area contributed by atoms with Gasteiger partial charge in [0.1, 0.15) is 12.1 Å². The number of hydrogen-bond acceptors (Lipinski definition) is 9. The maximum atomic E-state index is 13.4. The highest BCUT2D eigenvalue weighted by atomic mass is 16.6. The maximum Gasteiger partial charge on any atom is 0.409 e. The lowest BCUT2D eigenvalue weighted by molar-refractivity contribution is -0.149. The Morgan fingerprint density at radius 2 is 1.69 bits per heavy atom. The van der Waals surface area contributed by atoms with Gasteiger partial charge in [-0.25, -0.2) is 14.3 Å². The zero-order valence-electron chi connectivity index (χ0n) is 24.8. The van der Waals surface area contributed by atoms with Gasteiger partial charge in [-0.05, 0) is 38.3 Å². The number of ether oxygens (including phenoxy) is 2. The highest BCUT2D eigenvalue weighted by Gasteiger charge is 2.35. The molecule has 2 atom stereocenters. The number of para-hydroxylation sites is 1. The van der Waals surface area contributed by atoms with Crippen LogP contribution in [0.1, 0.15) is 43.1 Å². The van der Waals surface area contributed by atoms with Gasteiger partial charge < -0.3 is 39.7 Å². The summed E-state index contributed by atoms with van der Waals surface area (Å²) in [5.41, 5.74) is 0.340. The van der Waals surface area contributed by atoms with Crippen molar-refractivity contribution in [3.05, 3.63) is 42.1 Å². The van der Waals surface area contributed by atoms with Crippen molar-refractivity contribution in [3.63, 3.8) is 0 Å². The molecule has 2 aliphatic heterocycles. The van der Waals surface area contributed by atoms with Gasteiger partial charge in [-0.2, -0.15) is 5.10 Å². The number of hydrogen-bond donors (Lipinski definition) is 3. The number of carbonyl (C=O) groups excluding carboxylic acids is 4. The number of rotatable bonds is 12. The zero-order chi connectivity index (χ0) is 32.5. The van der Waals surface area contributed by atoms with Gasteiger partial charge in [-0.15, -0.1) is 0 Å². The normalized spacial score (nSPS) is 17.0. The Balaban J connectivity index is 1.49. The molecule has 1 aromatic carbocycles. The van der Waals surface area contributed by atoms with Crippen LogP contribution < -0.4 is 10.1 Å². The zero-order valence-corrected chi connectivity index (χ0v) is 24.8. The van der Waals surface area contributed by atoms with Crippen LogP contribution in [0, 0.1) is 0 Å². The van der Waals surface area contributed by atoms with E-state index in [4.69, 9.17) is 9.47 Å². The van der Waals surface area contributed by atoms with Crippen molar-refractivity contribution in [2.24, 2.45) is 0 Å². The summed E-state index contributed by atoms with van der Waals surface area (Å²) in [5.74, 6) is -4.03. The molecular formula is C29H36N6O10. The maximum absolute atomic E-state index is 13.4. The van der Waals surface area contributed by atoms with E-state index in [0.717, 1.165) is 0 Å². The summed E-state index contributed by atoms with van der Waals surface area (Å²) in [6.07, 6.45) is -0.164. The molecule has 2 aromatic rings. The third kappa shape index (κ3) is 8.27. The first-order chi connectivity index (χ1) is 21.6. The van der Waals surface area contributed by atoms with Crippen molar-refractivity contribution >= 4 is 35.8 Å².